The second-order valence-electron chi connectivity index (χ2n) is 16.9. The molecule has 0 bridgehead atoms. The fourth-order valence-corrected chi connectivity index (χ4v) is 7.50. The maximum Gasteiger partial charge on any atom is 0.326 e. The summed E-state index contributed by atoms with van der Waals surface area (Å²) in [4.78, 5) is 36.5. The number of ether oxygens (including phenoxy) is 1. The molecular formula is C50H94N2O5. The number of carboxylic acid groups (broad SMARTS) is 1. The van der Waals surface area contributed by atoms with Crippen LogP contribution in [0.5, 0.6) is 0 Å². The molecule has 0 rings (SSSR count). The Balaban J connectivity index is 4.34. The van der Waals surface area contributed by atoms with Crippen LogP contribution >= 0.6 is 0 Å². The van der Waals surface area contributed by atoms with E-state index < -0.39 is 12.0 Å². The molecule has 0 saturated heterocycles. The molecule has 0 fully saturated rings. The summed E-state index contributed by atoms with van der Waals surface area (Å²) >= 11 is 0. The molecule has 4 N–H and O–H groups in total. The summed E-state index contributed by atoms with van der Waals surface area (Å²) in [6, 6.07) is -0.858. The van der Waals surface area contributed by atoms with E-state index in [2.05, 4.69) is 43.5 Å². The van der Waals surface area contributed by atoms with Gasteiger partial charge in [0.15, 0.2) is 0 Å². The number of rotatable bonds is 45. The van der Waals surface area contributed by atoms with Crippen molar-refractivity contribution in [3.8, 4) is 0 Å². The lowest BCUT2D eigenvalue weighted by Crippen LogP contribution is -2.40. The summed E-state index contributed by atoms with van der Waals surface area (Å²) in [5.74, 6) is -1.24. The molecule has 0 aliphatic heterocycles. The molecule has 7 heteroatoms. The zero-order valence-corrected chi connectivity index (χ0v) is 37.7. The summed E-state index contributed by atoms with van der Waals surface area (Å²) in [7, 11) is 0. The Hall–Kier alpha value is -2.15. The van der Waals surface area contributed by atoms with Crippen molar-refractivity contribution < 1.29 is 24.2 Å². The number of hydrogen-bond donors (Lipinski definition) is 3. The van der Waals surface area contributed by atoms with E-state index in [0.29, 0.717) is 32.2 Å². The van der Waals surface area contributed by atoms with Gasteiger partial charge in [-0.3, -0.25) is 9.59 Å². The van der Waals surface area contributed by atoms with Crippen molar-refractivity contribution >= 4 is 17.8 Å². The van der Waals surface area contributed by atoms with Crippen LogP contribution < -0.4 is 11.1 Å². The summed E-state index contributed by atoms with van der Waals surface area (Å²) in [6.07, 6.45) is 52.3. The van der Waals surface area contributed by atoms with Crippen LogP contribution in [0.15, 0.2) is 24.3 Å². The number of carboxylic acids is 1. The third kappa shape index (κ3) is 41.8. The highest BCUT2D eigenvalue weighted by atomic mass is 16.5. The van der Waals surface area contributed by atoms with Crippen LogP contribution in [0.25, 0.3) is 0 Å². The predicted molar refractivity (Wildman–Crippen MR) is 244 cm³/mol. The summed E-state index contributed by atoms with van der Waals surface area (Å²) < 4.78 is 6.07. The van der Waals surface area contributed by atoms with Crippen molar-refractivity contribution in [3.05, 3.63) is 24.3 Å². The lowest BCUT2D eigenvalue weighted by Gasteiger charge is -2.18. The number of esters is 1. The van der Waals surface area contributed by atoms with Crippen LogP contribution in [0.3, 0.4) is 0 Å². The molecule has 57 heavy (non-hydrogen) atoms. The Bertz CT molecular complexity index is 951. The van der Waals surface area contributed by atoms with Gasteiger partial charge in [0.05, 0.1) is 0 Å². The van der Waals surface area contributed by atoms with Crippen LogP contribution in [-0.4, -0.2) is 41.6 Å². The molecule has 0 aliphatic carbocycles. The number of carbonyl (C=O) groups is 3. The van der Waals surface area contributed by atoms with E-state index in [9.17, 15) is 19.5 Å². The minimum absolute atomic E-state index is 0.00453. The first kappa shape index (κ1) is 54.9. The summed E-state index contributed by atoms with van der Waals surface area (Å²) in [5, 5.41) is 12.0. The van der Waals surface area contributed by atoms with Gasteiger partial charge in [-0.2, -0.15) is 0 Å². The quantitative estimate of drug-likeness (QED) is 0.0320. The molecular weight excluding hydrogens is 709 g/mol. The number of allylic oxidation sites excluding steroid dienone is 4. The Morgan fingerprint density at radius 3 is 1.28 bits per heavy atom. The van der Waals surface area contributed by atoms with Crippen molar-refractivity contribution in [2.45, 2.75) is 270 Å². The molecule has 0 heterocycles. The third-order valence-electron chi connectivity index (χ3n) is 11.2. The monoisotopic (exact) mass is 803 g/mol. The van der Waals surface area contributed by atoms with Crippen LogP contribution in [0.4, 0.5) is 0 Å². The predicted octanol–water partition coefficient (Wildman–Crippen LogP) is 14.4. The average molecular weight is 803 g/mol. The van der Waals surface area contributed by atoms with Crippen LogP contribution in [0, 0.1) is 0 Å². The van der Waals surface area contributed by atoms with Crippen molar-refractivity contribution in [1.82, 2.24) is 5.32 Å². The average Bonchev–Trinajstić information content (AvgIpc) is 3.20. The van der Waals surface area contributed by atoms with Crippen molar-refractivity contribution in [2.75, 3.05) is 6.54 Å². The van der Waals surface area contributed by atoms with Gasteiger partial charge in [-0.25, -0.2) is 4.79 Å². The molecule has 0 radical (unpaired) electrons. The maximum absolute atomic E-state index is 12.9. The van der Waals surface area contributed by atoms with Gasteiger partial charge in [0.2, 0.25) is 5.91 Å². The van der Waals surface area contributed by atoms with Crippen molar-refractivity contribution in [3.63, 3.8) is 0 Å². The lowest BCUT2D eigenvalue weighted by atomic mass is 10.0. The number of amides is 1. The highest BCUT2D eigenvalue weighted by molar-refractivity contribution is 5.83. The van der Waals surface area contributed by atoms with E-state index in [0.717, 1.165) is 70.6 Å². The maximum atomic E-state index is 12.9. The van der Waals surface area contributed by atoms with Gasteiger partial charge >= 0.3 is 11.9 Å². The van der Waals surface area contributed by atoms with E-state index in [1.54, 1.807) is 0 Å². The standard InChI is InChI=1S/C50H94N2O5/c1-3-5-7-9-11-13-15-17-19-21-23-25-27-29-34-38-44-49(54)57-46(40-35-31-28-26-24-22-20-18-16-14-12-10-8-6-4-2)41-36-32-30-33-37-43-48(53)52-47(50(55)56)42-39-45-51/h19,21-22,24,46-47H,3-18,20,23,25-45,51H2,1-2H3,(H,52,53)(H,55,56)/b21-19-,24-22-. The molecule has 0 saturated carbocycles. The Morgan fingerprint density at radius 1 is 0.491 bits per heavy atom. The molecule has 2 unspecified atom stereocenters. The zero-order valence-electron chi connectivity index (χ0n) is 37.7. The minimum atomic E-state index is -1.00. The normalized spacial score (nSPS) is 12.8. The van der Waals surface area contributed by atoms with Gasteiger partial charge < -0.3 is 20.9 Å². The number of nitrogens with one attached hydrogen (secondary N) is 1. The van der Waals surface area contributed by atoms with Crippen LogP contribution in [0.1, 0.15) is 258 Å². The number of aliphatic carboxylic acids is 1. The molecule has 334 valence electrons. The second kappa shape index (κ2) is 44.9. The number of carbonyl (C=O) groups excluding carboxylic acids is 2. The minimum Gasteiger partial charge on any atom is -0.480 e. The largest absolute Gasteiger partial charge is 0.480 e. The molecule has 0 aromatic heterocycles. The first-order chi connectivity index (χ1) is 27.9. The van der Waals surface area contributed by atoms with Gasteiger partial charge in [0, 0.05) is 12.8 Å². The van der Waals surface area contributed by atoms with Crippen LogP contribution in [0.2, 0.25) is 0 Å². The zero-order chi connectivity index (χ0) is 41.7. The molecule has 1 amide bonds. The highest BCUT2D eigenvalue weighted by Gasteiger charge is 2.19. The van der Waals surface area contributed by atoms with Gasteiger partial charge in [0.1, 0.15) is 12.1 Å². The van der Waals surface area contributed by atoms with Gasteiger partial charge in [-0.1, -0.05) is 167 Å². The van der Waals surface area contributed by atoms with Gasteiger partial charge in [0.25, 0.3) is 0 Å². The SMILES string of the molecule is CCCCCCCCC/C=C\CCCCCCCC(=O)OC(CCCCC/C=C\CCCCCCCCCC)CCCCCCCC(=O)NC(CCCN)C(=O)O. The molecule has 0 aliphatic rings. The van der Waals surface area contributed by atoms with Gasteiger partial charge in [-0.05, 0) is 109 Å². The van der Waals surface area contributed by atoms with Gasteiger partial charge in [-0.15, -0.1) is 0 Å². The first-order valence-corrected chi connectivity index (χ1v) is 24.7. The smallest absolute Gasteiger partial charge is 0.326 e. The topological polar surface area (TPSA) is 119 Å². The molecule has 0 aromatic carbocycles. The van der Waals surface area contributed by atoms with Crippen molar-refractivity contribution in [1.29, 1.82) is 0 Å². The van der Waals surface area contributed by atoms with E-state index in [-0.39, 0.29) is 18.0 Å². The van der Waals surface area contributed by atoms with Crippen molar-refractivity contribution in [2.24, 2.45) is 5.73 Å². The first-order valence-electron chi connectivity index (χ1n) is 24.7. The molecule has 0 spiro atoms. The molecule has 2 atom stereocenters. The number of hydrogen-bond acceptors (Lipinski definition) is 5. The summed E-state index contributed by atoms with van der Waals surface area (Å²) in [5.41, 5.74) is 5.50. The lowest BCUT2D eigenvalue weighted by molar-refractivity contribution is -0.150. The fourth-order valence-electron chi connectivity index (χ4n) is 7.50. The third-order valence-corrected chi connectivity index (χ3v) is 11.2. The number of nitrogens with two attached hydrogens (primary N) is 1. The Labute approximate surface area is 353 Å². The fraction of sp³-hybridized carbons (Fsp3) is 0.860. The summed E-state index contributed by atoms with van der Waals surface area (Å²) in [6.45, 7) is 4.96. The Kier molecular flexibility index (Phi) is 43.2. The molecule has 7 nitrogen and oxygen atoms in total. The van der Waals surface area contributed by atoms with E-state index >= 15 is 0 Å². The van der Waals surface area contributed by atoms with E-state index in [4.69, 9.17) is 10.5 Å². The van der Waals surface area contributed by atoms with E-state index in [1.165, 1.54) is 148 Å². The van der Waals surface area contributed by atoms with E-state index in [1.807, 2.05) is 0 Å². The Morgan fingerprint density at radius 2 is 0.860 bits per heavy atom. The molecule has 0 aromatic rings. The van der Waals surface area contributed by atoms with Crippen LogP contribution in [-0.2, 0) is 19.1 Å². The highest BCUT2D eigenvalue weighted by Crippen LogP contribution is 2.19. The second-order valence-corrected chi connectivity index (χ2v) is 16.9. The number of unbranched alkanes of at least 4 members (excludes halogenated alkanes) is 27.